The fourth-order valence-electron chi connectivity index (χ4n) is 3.39. The quantitative estimate of drug-likeness (QED) is 0.740. The van der Waals surface area contributed by atoms with E-state index in [1.807, 2.05) is 25.7 Å². The third-order valence-corrected chi connectivity index (χ3v) is 4.45. The Bertz CT molecular complexity index is 345. The van der Waals surface area contributed by atoms with Crippen LogP contribution in [-0.4, -0.2) is 53.2 Å². The van der Waals surface area contributed by atoms with E-state index >= 15 is 0 Å². The highest BCUT2D eigenvalue weighted by atomic mass is 16.6. The van der Waals surface area contributed by atoms with Gasteiger partial charge in [0.1, 0.15) is 5.60 Å². The number of carbonyl (C=O) groups excluding carboxylic acids is 1. The van der Waals surface area contributed by atoms with Gasteiger partial charge in [-0.2, -0.15) is 0 Å². The molecule has 0 spiro atoms. The fourth-order valence-corrected chi connectivity index (χ4v) is 3.39. The third kappa shape index (κ3) is 3.87. The second kappa shape index (κ2) is 5.92. The molecule has 2 saturated heterocycles. The average Bonchev–Trinajstić information content (AvgIpc) is 2.38. The number of amides is 1. The zero-order chi connectivity index (χ0) is 14.8. The van der Waals surface area contributed by atoms with Crippen molar-refractivity contribution in [2.75, 3.05) is 26.2 Å². The molecular formula is C16H30N2O2. The first-order valence-corrected chi connectivity index (χ1v) is 8.03. The first-order valence-electron chi connectivity index (χ1n) is 8.03. The van der Waals surface area contributed by atoms with Gasteiger partial charge in [0.25, 0.3) is 0 Å². The molecule has 2 rings (SSSR count). The molecule has 2 heterocycles. The summed E-state index contributed by atoms with van der Waals surface area (Å²) in [5.41, 5.74) is -0.272. The molecule has 20 heavy (non-hydrogen) atoms. The van der Waals surface area contributed by atoms with Crippen LogP contribution in [-0.2, 0) is 4.74 Å². The van der Waals surface area contributed by atoms with Gasteiger partial charge in [-0.05, 0) is 66.5 Å². The summed E-state index contributed by atoms with van der Waals surface area (Å²) >= 11 is 0. The standard InChI is InChI=1S/C16H30N2O2/c1-15(2,3)20-14(19)17-10-8-9-16(4,13-17)18-11-6-5-7-12-18/h5-13H2,1-4H3. The zero-order valence-electron chi connectivity index (χ0n) is 13.6. The van der Waals surface area contributed by atoms with Gasteiger partial charge in [-0.1, -0.05) is 6.42 Å². The lowest BCUT2D eigenvalue weighted by molar-refractivity contribution is -0.0155. The molecule has 4 nitrogen and oxygen atoms in total. The molecule has 0 radical (unpaired) electrons. The molecule has 1 amide bonds. The Morgan fingerprint density at radius 2 is 1.70 bits per heavy atom. The van der Waals surface area contributed by atoms with Gasteiger partial charge in [-0.25, -0.2) is 4.79 Å². The summed E-state index contributed by atoms with van der Waals surface area (Å²) in [6.07, 6.45) is 6.05. The van der Waals surface area contributed by atoms with Gasteiger partial charge in [0.2, 0.25) is 0 Å². The van der Waals surface area contributed by atoms with Crippen LogP contribution in [0.25, 0.3) is 0 Å². The molecule has 0 bridgehead atoms. The largest absolute Gasteiger partial charge is 0.444 e. The van der Waals surface area contributed by atoms with Crippen molar-refractivity contribution in [2.45, 2.75) is 70.9 Å². The number of hydrogen-bond donors (Lipinski definition) is 0. The van der Waals surface area contributed by atoms with Crippen molar-refractivity contribution < 1.29 is 9.53 Å². The fraction of sp³-hybridized carbons (Fsp3) is 0.938. The molecule has 0 N–H and O–H groups in total. The Kier molecular flexibility index (Phi) is 4.62. The summed E-state index contributed by atoms with van der Waals surface area (Å²) in [4.78, 5) is 16.8. The Hall–Kier alpha value is -0.770. The highest BCUT2D eigenvalue weighted by Gasteiger charge is 2.39. The minimum atomic E-state index is -0.407. The van der Waals surface area contributed by atoms with E-state index < -0.39 is 5.60 Å². The zero-order valence-corrected chi connectivity index (χ0v) is 13.6. The Balaban J connectivity index is 1.98. The topological polar surface area (TPSA) is 32.8 Å². The minimum Gasteiger partial charge on any atom is -0.444 e. The molecule has 1 unspecified atom stereocenters. The molecule has 0 aromatic rings. The maximum Gasteiger partial charge on any atom is 0.410 e. The smallest absolute Gasteiger partial charge is 0.410 e. The van der Waals surface area contributed by atoms with Gasteiger partial charge >= 0.3 is 6.09 Å². The number of carbonyl (C=O) groups is 1. The summed E-state index contributed by atoms with van der Waals surface area (Å²) in [6, 6.07) is 0. The summed E-state index contributed by atoms with van der Waals surface area (Å²) in [7, 11) is 0. The molecule has 0 aromatic heterocycles. The second-order valence-corrected chi connectivity index (χ2v) is 7.55. The Morgan fingerprint density at radius 1 is 1.05 bits per heavy atom. The van der Waals surface area contributed by atoms with Crippen molar-refractivity contribution in [3.8, 4) is 0 Å². The predicted octanol–water partition coefficient (Wildman–Crippen LogP) is 3.26. The Labute approximate surface area is 123 Å². The molecule has 0 aromatic carbocycles. The van der Waals surface area contributed by atoms with Gasteiger partial charge in [0.15, 0.2) is 0 Å². The van der Waals surface area contributed by atoms with Gasteiger partial charge in [0.05, 0.1) is 0 Å². The molecule has 4 heteroatoms. The van der Waals surface area contributed by atoms with Gasteiger partial charge in [-0.15, -0.1) is 0 Å². The first kappa shape index (κ1) is 15.6. The first-order chi connectivity index (χ1) is 9.30. The Morgan fingerprint density at radius 3 is 2.30 bits per heavy atom. The summed E-state index contributed by atoms with van der Waals surface area (Å²) in [5, 5.41) is 0. The lowest BCUT2D eigenvalue weighted by Crippen LogP contribution is -2.59. The van der Waals surface area contributed by atoms with Crippen LogP contribution in [0.3, 0.4) is 0 Å². The molecule has 2 aliphatic rings. The van der Waals surface area contributed by atoms with E-state index in [1.54, 1.807) is 0 Å². The van der Waals surface area contributed by atoms with E-state index in [4.69, 9.17) is 4.74 Å². The normalized spacial score (nSPS) is 29.3. The van der Waals surface area contributed by atoms with Crippen LogP contribution < -0.4 is 0 Å². The van der Waals surface area contributed by atoms with Crippen molar-refractivity contribution >= 4 is 6.09 Å². The molecule has 1 atom stereocenters. The van der Waals surface area contributed by atoms with E-state index in [9.17, 15) is 4.79 Å². The summed E-state index contributed by atoms with van der Waals surface area (Å²) in [5.74, 6) is 0. The second-order valence-electron chi connectivity index (χ2n) is 7.55. The lowest BCUT2D eigenvalue weighted by Gasteiger charge is -2.49. The number of hydrogen-bond acceptors (Lipinski definition) is 3. The molecule has 0 aliphatic carbocycles. The number of rotatable bonds is 1. The summed E-state index contributed by atoms with van der Waals surface area (Å²) < 4.78 is 5.53. The van der Waals surface area contributed by atoms with Crippen LogP contribution in [0.4, 0.5) is 4.79 Å². The predicted molar refractivity (Wildman–Crippen MR) is 80.9 cm³/mol. The number of ether oxygens (including phenoxy) is 1. The van der Waals surface area contributed by atoms with Crippen LogP contribution in [0, 0.1) is 0 Å². The van der Waals surface area contributed by atoms with Crippen LogP contribution in [0.2, 0.25) is 0 Å². The van der Waals surface area contributed by atoms with E-state index in [0.717, 1.165) is 19.5 Å². The van der Waals surface area contributed by atoms with Crippen molar-refractivity contribution in [2.24, 2.45) is 0 Å². The van der Waals surface area contributed by atoms with Crippen molar-refractivity contribution in [3.05, 3.63) is 0 Å². The SMILES string of the molecule is CC(C)(C)OC(=O)N1CCCC(C)(N2CCCCC2)C1. The lowest BCUT2D eigenvalue weighted by atomic mass is 9.87. The van der Waals surface area contributed by atoms with Crippen molar-refractivity contribution in [3.63, 3.8) is 0 Å². The molecular weight excluding hydrogens is 252 g/mol. The van der Waals surface area contributed by atoms with Crippen LogP contribution in [0.1, 0.15) is 59.8 Å². The monoisotopic (exact) mass is 282 g/mol. The van der Waals surface area contributed by atoms with E-state index in [1.165, 1.54) is 38.8 Å². The van der Waals surface area contributed by atoms with E-state index in [2.05, 4.69) is 11.8 Å². The molecule has 116 valence electrons. The van der Waals surface area contributed by atoms with Crippen molar-refractivity contribution in [1.29, 1.82) is 0 Å². The highest BCUT2D eigenvalue weighted by molar-refractivity contribution is 5.68. The number of piperidine rings is 2. The maximum atomic E-state index is 12.3. The van der Waals surface area contributed by atoms with Crippen LogP contribution >= 0.6 is 0 Å². The van der Waals surface area contributed by atoms with E-state index in [0.29, 0.717) is 0 Å². The summed E-state index contributed by atoms with van der Waals surface area (Å²) in [6.45, 7) is 12.1. The minimum absolute atomic E-state index is 0.134. The van der Waals surface area contributed by atoms with Gasteiger partial charge < -0.3 is 9.64 Å². The van der Waals surface area contributed by atoms with E-state index in [-0.39, 0.29) is 11.6 Å². The number of nitrogens with zero attached hydrogens (tertiary/aromatic N) is 2. The maximum absolute atomic E-state index is 12.3. The molecule has 2 aliphatic heterocycles. The number of likely N-dealkylation sites (tertiary alicyclic amines) is 2. The average molecular weight is 282 g/mol. The van der Waals surface area contributed by atoms with Crippen LogP contribution in [0.5, 0.6) is 0 Å². The molecule has 0 saturated carbocycles. The van der Waals surface area contributed by atoms with Gasteiger partial charge in [0, 0.05) is 18.6 Å². The van der Waals surface area contributed by atoms with Crippen LogP contribution in [0.15, 0.2) is 0 Å². The van der Waals surface area contributed by atoms with Gasteiger partial charge in [-0.3, -0.25) is 4.90 Å². The molecule has 2 fully saturated rings. The van der Waals surface area contributed by atoms with Crippen molar-refractivity contribution in [1.82, 2.24) is 9.80 Å². The highest BCUT2D eigenvalue weighted by Crippen LogP contribution is 2.30. The third-order valence-electron chi connectivity index (χ3n) is 4.45.